The van der Waals surface area contributed by atoms with Gasteiger partial charge in [-0.2, -0.15) is 0 Å². The normalized spacial score (nSPS) is 12.7. The fourth-order valence-electron chi connectivity index (χ4n) is 1.54. The van der Waals surface area contributed by atoms with Gasteiger partial charge in [0.15, 0.2) is 0 Å². The largest absolute Gasteiger partial charge is 0.387 e. The summed E-state index contributed by atoms with van der Waals surface area (Å²) >= 11 is 13.9. The molecule has 0 bridgehead atoms. The smallest absolute Gasteiger partial charge is 0.126 e. The highest BCUT2D eigenvalue weighted by Crippen LogP contribution is 2.36. The first-order valence-corrected chi connectivity index (χ1v) is 7.82. The second-order valence-corrected chi connectivity index (χ2v) is 7.42. The number of hydrogen-bond acceptors (Lipinski definition) is 2. The van der Waals surface area contributed by atoms with E-state index in [0.717, 1.165) is 13.1 Å². The lowest BCUT2D eigenvalue weighted by atomic mass is 10.1. The molecule has 1 atom stereocenters. The molecular weight excluding hydrogens is 406 g/mol. The third-order valence-electron chi connectivity index (χ3n) is 2.41. The summed E-state index contributed by atoms with van der Waals surface area (Å²) < 4.78 is 15.3. The van der Waals surface area contributed by atoms with Crippen molar-refractivity contribution in [1.82, 2.24) is 0 Å². The van der Waals surface area contributed by atoms with Crippen LogP contribution in [0.1, 0.15) is 16.5 Å². The van der Waals surface area contributed by atoms with E-state index in [9.17, 15) is 9.50 Å². The molecule has 0 aliphatic heterocycles. The molecule has 0 saturated heterocycles. The highest BCUT2D eigenvalue weighted by molar-refractivity contribution is 9.13. The van der Waals surface area contributed by atoms with Gasteiger partial charge in [0.1, 0.15) is 5.82 Å². The maximum Gasteiger partial charge on any atom is 0.126 e. The summed E-state index contributed by atoms with van der Waals surface area (Å²) in [5.74, 6) is -0.354. The third kappa shape index (κ3) is 3.33. The molecule has 1 heterocycles. The van der Waals surface area contributed by atoms with Crippen molar-refractivity contribution in [3.05, 3.63) is 53.8 Å². The zero-order valence-electron chi connectivity index (χ0n) is 8.96. The SMILES string of the molecule is OC(Cc1cc(Cl)ccc1F)c1cc(Br)c(Br)s1. The van der Waals surface area contributed by atoms with E-state index < -0.39 is 6.10 Å². The van der Waals surface area contributed by atoms with Gasteiger partial charge in [0.25, 0.3) is 0 Å². The minimum atomic E-state index is -0.745. The molecule has 1 aromatic carbocycles. The van der Waals surface area contributed by atoms with E-state index in [1.54, 1.807) is 0 Å². The standard InChI is InChI=1S/C12H8Br2ClFOS/c13-8-5-11(18-12(8)14)10(17)4-6-3-7(15)1-2-9(6)16/h1-3,5,10,17H,4H2. The van der Waals surface area contributed by atoms with Gasteiger partial charge < -0.3 is 5.11 Å². The van der Waals surface area contributed by atoms with Crippen molar-refractivity contribution in [2.75, 3.05) is 0 Å². The van der Waals surface area contributed by atoms with Crippen LogP contribution < -0.4 is 0 Å². The average Bonchev–Trinajstić information content (AvgIpc) is 2.64. The van der Waals surface area contributed by atoms with Crippen molar-refractivity contribution in [3.63, 3.8) is 0 Å². The van der Waals surface area contributed by atoms with Crippen molar-refractivity contribution in [2.45, 2.75) is 12.5 Å². The zero-order chi connectivity index (χ0) is 13.3. The van der Waals surface area contributed by atoms with Gasteiger partial charge in [0.2, 0.25) is 0 Å². The topological polar surface area (TPSA) is 20.2 Å². The summed E-state index contributed by atoms with van der Waals surface area (Å²) in [5.41, 5.74) is 0.413. The van der Waals surface area contributed by atoms with E-state index in [4.69, 9.17) is 11.6 Å². The molecule has 0 aliphatic carbocycles. The van der Waals surface area contributed by atoms with Crippen LogP contribution in [0, 0.1) is 5.82 Å². The van der Waals surface area contributed by atoms with E-state index in [-0.39, 0.29) is 12.2 Å². The number of thiophene rings is 1. The Labute approximate surface area is 130 Å². The minimum Gasteiger partial charge on any atom is -0.387 e. The predicted molar refractivity (Wildman–Crippen MR) is 79.8 cm³/mol. The predicted octanol–water partition coefficient (Wildman–Crippen LogP) is 5.34. The molecule has 1 nitrogen and oxygen atoms in total. The van der Waals surface area contributed by atoms with Gasteiger partial charge in [-0.05, 0) is 61.7 Å². The highest BCUT2D eigenvalue weighted by Gasteiger charge is 2.15. The van der Waals surface area contributed by atoms with Gasteiger partial charge >= 0.3 is 0 Å². The quantitative estimate of drug-likeness (QED) is 0.719. The average molecular weight is 415 g/mol. The number of hydrogen-bond donors (Lipinski definition) is 1. The Kier molecular flexibility index (Phi) is 4.83. The summed E-state index contributed by atoms with van der Waals surface area (Å²) in [6.45, 7) is 0. The summed E-state index contributed by atoms with van der Waals surface area (Å²) in [4.78, 5) is 0.771. The molecule has 1 unspecified atom stereocenters. The molecule has 0 fully saturated rings. The molecule has 0 radical (unpaired) electrons. The molecule has 0 saturated carbocycles. The van der Waals surface area contributed by atoms with Crippen LogP contribution in [0.4, 0.5) is 4.39 Å². The molecular formula is C12H8Br2ClFOS. The van der Waals surface area contributed by atoms with Gasteiger partial charge in [0, 0.05) is 20.8 Å². The first-order valence-electron chi connectivity index (χ1n) is 5.04. The Bertz CT molecular complexity index is 554. The Morgan fingerprint density at radius 1 is 1.33 bits per heavy atom. The number of benzene rings is 1. The van der Waals surface area contributed by atoms with E-state index in [0.29, 0.717) is 10.6 Å². The summed E-state index contributed by atoms with van der Waals surface area (Å²) in [6.07, 6.45) is -0.545. The molecule has 1 N–H and O–H groups in total. The van der Waals surface area contributed by atoms with Crippen LogP contribution in [0.5, 0.6) is 0 Å². The van der Waals surface area contributed by atoms with Crippen LogP contribution in [0.3, 0.4) is 0 Å². The van der Waals surface area contributed by atoms with E-state index in [1.807, 2.05) is 6.07 Å². The Morgan fingerprint density at radius 2 is 2.06 bits per heavy atom. The van der Waals surface area contributed by atoms with Gasteiger partial charge in [0.05, 0.1) is 9.89 Å². The Morgan fingerprint density at radius 3 is 2.67 bits per heavy atom. The van der Waals surface area contributed by atoms with Crippen molar-refractivity contribution in [2.24, 2.45) is 0 Å². The highest BCUT2D eigenvalue weighted by atomic mass is 79.9. The van der Waals surface area contributed by atoms with E-state index in [2.05, 4.69) is 31.9 Å². The van der Waals surface area contributed by atoms with E-state index in [1.165, 1.54) is 29.5 Å². The van der Waals surface area contributed by atoms with Crippen molar-refractivity contribution in [3.8, 4) is 0 Å². The molecule has 96 valence electrons. The van der Waals surface area contributed by atoms with Gasteiger partial charge in [-0.1, -0.05) is 11.6 Å². The molecule has 0 amide bonds. The van der Waals surface area contributed by atoms with Crippen LogP contribution in [0.2, 0.25) is 5.02 Å². The molecule has 1 aromatic heterocycles. The first kappa shape index (κ1) is 14.5. The van der Waals surface area contributed by atoms with Gasteiger partial charge in [-0.25, -0.2) is 4.39 Å². The van der Waals surface area contributed by atoms with Crippen molar-refractivity contribution in [1.29, 1.82) is 0 Å². The Balaban J connectivity index is 2.20. The lowest BCUT2D eigenvalue weighted by Crippen LogP contribution is -2.01. The number of halogens is 4. The molecule has 0 aliphatic rings. The van der Waals surface area contributed by atoms with Crippen molar-refractivity contribution < 1.29 is 9.50 Å². The van der Waals surface area contributed by atoms with Gasteiger partial charge in [-0.3, -0.25) is 0 Å². The van der Waals surface area contributed by atoms with Crippen LogP contribution in [-0.2, 0) is 6.42 Å². The van der Waals surface area contributed by atoms with Crippen LogP contribution in [-0.4, -0.2) is 5.11 Å². The van der Waals surface area contributed by atoms with Crippen LogP contribution >= 0.6 is 54.8 Å². The molecule has 0 spiro atoms. The minimum absolute atomic E-state index is 0.200. The fraction of sp³-hybridized carbons (Fsp3) is 0.167. The second kappa shape index (κ2) is 6.01. The van der Waals surface area contributed by atoms with E-state index >= 15 is 0 Å². The fourth-order valence-corrected chi connectivity index (χ4v) is 3.81. The molecule has 2 aromatic rings. The third-order valence-corrected chi connectivity index (χ3v) is 6.01. The van der Waals surface area contributed by atoms with Crippen LogP contribution in [0.25, 0.3) is 0 Å². The monoisotopic (exact) mass is 412 g/mol. The number of aliphatic hydroxyl groups excluding tert-OH is 1. The zero-order valence-corrected chi connectivity index (χ0v) is 13.7. The lowest BCUT2D eigenvalue weighted by Gasteiger charge is -2.09. The molecule has 18 heavy (non-hydrogen) atoms. The van der Waals surface area contributed by atoms with Crippen molar-refractivity contribution >= 4 is 54.8 Å². The maximum absolute atomic E-state index is 13.5. The first-order chi connectivity index (χ1) is 8.47. The summed E-state index contributed by atoms with van der Waals surface area (Å²) in [6, 6.07) is 6.16. The maximum atomic E-state index is 13.5. The summed E-state index contributed by atoms with van der Waals surface area (Å²) in [7, 11) is 0. The molecule has 2 rings (SSSR count). The number of rotatable bonds is 3. The summed E-state index contributed by atoms with van der Waals surface area (Å²) in [5, 5.41) is 10.6. The van der Waals surface area contributed by atoms with Gasteiger partial charge in [-0.15, -0.1) is 11.3 Å². The number of aliphatic hydroxyl groups is 1. The Hall–Kier alpha value is 0.0600. The second-order valence-electron chi connectivity index (χ2n) is 3.73. The molecule has 6 heteroatoms. The lowest BCUT2D eigenvalue weighted by molar-refractivity contribution is 0.181. The van der Waals surface area contributed by atoms with Crippen LogP contribution in [0.15, 0.2) is 32.5 Å².